The van der Waals surface area contributed by atoms with Crippen LogP contribution < -0.4 is 5.73 Å². The van der Waals surface area contributed by atoms with E-state index in [-0.39, 0.29) is 12.2 Å². The van der Waals surface area contributed by atoms with Crippen LogP contribution in [0.3, 0.4) is 0 Å². The van der Waals surface area contributed by atoms with Crippen molar-refractivity contribution in [2.24, 2.45) is 5.73 Å². The van der Waals surface area contributed by atoms with Gasteiger partial charge in [-0.05, 0) is 31.9 Å². The van der Waals surface area contributed by atoms with Crippen LogP contribution in [0, 0.1) is 5.82 Å². The van der Waals surface area contributed by atoms with Crippen molar-refractivity contribution < 1.29 is 17.9 Å². The first kappa shape index (κ1) is 13.9. The van der Waals surface area contributed by atoms with Gasteiger partial charge in [0.2, 0.25) is 0 Å². The Balaban J connectivity index is 3.29. The molecule has 0 aliphatic carbocycles. The molecule has 17 heavy (non-hydrogen) atoms. The number of halogens is 1. The summed E-state index contributed by atoms with van der Waals surface area (Å²) in [6.45, 7) is 3.46. The molecule has 0 atom stereocenters. The van der Waals surface area contributed by atoms with E-state index >= 15 is 0 Å². The van der Waals surface area contributed by atoms with E-state index in [1.54, 1.807) is 13.8 Å². The van der Waals surface area contributed by atoms with Gasteiger partial charge in [0.1, 0.15) is 16.5 Å². The highest BCUT2D eigenvalue weighted by atomic mass is 32.2. The number of sulfone groups is 1. The molecule has 96 valence electrons. The van der Waals surface area contributed by atoms with Crippen molar-refractivity contribution in [2.45, 2.75) is 30.7 Å². The number of hydrogen-bond acceptors (Lipinski definition) is 4. The zero-order chi connectivity index (χ0) is 13.4. The van der Waals surface area contributed by atoms with E-state index in [4.69, 9.17) is 5.73 Å². The van der Waals surface area contributed by atoms with Crippen LogP contribution in [-0.4, -0.2) is 25.3 Å². The normalized spacial score (nSPS) is 12.8. The maximum Gasteiger partial charge on any atom is 0.178 e. The van der Waals surface area contributed by atoms with Gasteiger partial charge in [-0.1, -0.05) is 0 Å². The Bertz CT molecular complexity index is 532. The van der Waals surface area contributed by atoms with Gasteiger partial charge in [-0.25, -0.2) is 12.8 Å². The van der Waals surface area contributed by atoms with E-state index in [1.165, 1.54) is 0 Å². The topological polar surface area (TPSA) is 80.4 Å². The predicted octanol–water partition coefficient (Wildman–Crippen LogP) is 1.21. The van der Waals surface area contributed by atoms with Crippen LogP contribution in [0.2, 0.25) is 0 Å². The molecule has 3 N–H and O–H groups in total. The lowest BCUT2D eigenvalue weighted by Crippen LogP contribution is -2.34. The van der Waals surface area contributed by atoms with Crippen molar-refractivity contribution in [1.29, 1.82) is 0 Å². The van der Waals surface area contributed by atoms with Gasteiger partial charge in [-0.15, -0.1) is 0 Å². The highest BCUT2D eigenvalue weighted by Crippen LogP contribution is 2.27. The molecule has 1 aromatic rings. The summed E-state index contributed by atoms with van der Waals surface area (Å²) in [4.78, 5) is -0.506. The van der Waals surface area contributed by atoms with Gasteiger partial charge in [0.15, 0.2) is 9.84 Å². The summed E-state index contributed by atoms with van der Waals surface area (Å²) < 4.78 is 36.0. The van der Waals surface area contributed by atoms with Gasteiger partial charge in [-0.3, -0.25) is 0 Å². The third-order valence-corrected chi connectivity index (χ3v) is 3.29. The minimum atomic E-state index is -3.68. The van der Waals surface area contributed by atoms with Crippen molar-refractivity contribution in [3.05, 3.63) is 23.5 Å². The first-order valence-electron chi connectivity index (χ1n) is 5.01. The number of phenolic OH excluding ortho intramolecular Hbond substituents is 1. The van der Waals surface area contributed by atoms with Gasteiger partial charge < -0.3 is 10.8 Å². The van der Waals surface area contributed by atoms with Gasteiger partial charge in [0.25, 0.3) is 0 Å². The molecule has 0 aliphatic heterocycles. The highest BCUT2D eigenvalue weighted by molar-refractivity contribution is 7.90. The number of hydrogen-bond donors (Lipinski definition) is 2. The molecule has 0 aliphatic rings. The van der Waals surface area contributed by atoms with E-state index in [1.807, 2.05) is 0 Å². The van der Waals surface area contributed by atoms with Crippen LogP contribution in [0.1, 0.15) is 19.4 Å². The van der Waals surface area contributed by atoms with Crippen molar-refractivity contribution >= 4 is 9.84 Å². The number of phenols is 1. The molecule has 0 unspecified atom stereocenters. The summed E-state index contributed by atoms with van der Waals surface area (Å²) in [5.74, 6) is -1.13. The molecule has 0 amide bonds. The van der Waals surface area contributed by atoms with Gasteiger partial charge in [0, 0.05) is 17.9 Å². The van der Waals surface area contributed by atoms with Gasteiger partial charge in [0.05, 0.1) is 0 Å². The number of aromatic hydroxyl groups is 1. The SMILES string of the molecule is CC(C)(N)Cc1cc(F)c(S(C)(=O)=O)cc1O. The molecule has 0 bridgehead atoms. The summed E-state index contributed by atoms with van der Waals surface area (Å²) in [5.41, 5.74) is 5.44. The van der Waals surface area contributed by atoms with Crippen molar-refractivity contribution in [1.82, 2.24) is 0 Å². The first-order valence-corrected chi connectivity index (χ1v) is 6.90. The van der Waals surface area contributed by atoms with Crippen molar-refractivity contribution in [3.63, 3.8) is 0 Å². The zero-order valence-electron chi connectivity index (χ0n) is 9.99. The largest absolute Gasteiger partial charge is 0.508 e. The second kappa shape index (κ2) is 4.27. The van der Waals surface area contributed by atoms with Crippen LogP contribution in [-0.2, 0) is 16.3 Å². The highest BCUT2D eigenvalue weighted by Gasteiger charge is 2.20. The molecular formula is C11H16FNO3S. The monoisotopic (exact) mass is 261 g/mol. The Labute approximate surface area is 100 Å². The Morgan fingerprint density at radius 1 is 1.41 bits per heavy atom. The molecule has 1 aromatic carbocycles. The van der Waals surface area contributed by atoms with Crippen LogP contribution in [0.5, 0.6) is 5.75 Å². The molecule has 1 rings (SSSR count). The Morgan fingerprint density at radius 3 is 2.35 bits per heavy atom. The third kappa shape index (κ3) is 3.67. The minimum Gasteiger partial charge on any atom is -0.508 e. The molecule has 0 aromatic heterocycles. The Morgan fingerprint density at radius 2 is 1.94 bits per heavy atom. The summed E-state index contributed by atoms with van der Waals surface area (Å²) in [5, 5.41) is 9.66. The van der Waals surface area contributed by atoms with E-state index in [9.17, 15) is 17.9 Å². The third-order valence-electron chi connectivity index (χ3n) is 2.18. The molecule has 0 saturated carbocycles. The van der Waals surface area contributed by atoms with E-state index < -0.39 is 26.1 Å². The number of nitrogens with two attached hydrogens (primary N) is 1. The Hall–Kier alpha value is -1.14. The summed E-state index contributed by atoms with van der Waals surface area (Å²) in [6, 6.07) is 1.94. The van der Waals surface area contributed by atoms with Crippen LogP contribution in [0.25, 0.3) is 0 Å². The smallest absolute Gasteiger partial charge is 0.178 e. The predicted molar refractivity (Wildman–Crippen MR) is 63.1 cm³/mol. The van der Waals surface area contributed by atoms with Gasteiger partial charge >= 0.3 is 0 Å². The number of rotatable bonds is 3. The fourth-order valence-corrected chi connectivity index (χ4v) is 2.24. The fraction of sp³-hybridized carbons (Fsp3) is 0.455. The standard InChI is InChI=1S/C11H16FNO3S/c1-11(2,13)6-7-4-8(12)10(5-9(7)14)17(3,15)16/h4-5,14H,6,13H2,1-3H3. The fourth-order valence-electron chi connectivity index (χ4n) is 1.50. The van der Waals surface area contributed by atoms with Crippen LogP contribution in [0.15, 0.2) is 17.0 Å². The molecule has 0 spiro atoms. The first-order chi connectivity index (χ1) is 7.50. The molecule has 0 heterocycles. The summed E-state index contributed by atoms with van der Waals surface area (Å²) >= 11 is 0. The molecule has 4 nitrogen and oxygen atoms in total. The number of benzene rings is 1. The van der Waals surface area contributed by atoms with Crippen LogP contribution >= 0.6 is 0 Å². The molecule has 0 saturated heterocycles. The average molecular weight is 261 g/mol. The lowest BCUT2D eigenvalue weighted by atomic mass is 9.95. The van der Waals surface area contributed by atoms with E-state index in [0.717, 1.165) is 18.4 Å². The van der Waals surface area contributed by atoms with Gasteiger partial charge in [-0.2, -0.15) is 0 Å². The summed E-state index contributed by atoms with van der Waals surface area (Å²) in [6.07, 6.45) is 1.14. The Kier molecular flexibility index (Phi) is 3.50. The van der Waals surface area contributed by atoms with Crippen molar-refractivity contribution in [3.8, 4) is 5.75 Å². The quantitative estimate of drug-likeness (QED) is 0.857. The summed E-state index contributed by atoms with van der Waals surface area (Å²) in [7, 11) is -3.68. The average Bonchev–Trinajstić information content (AvgIpc) is 2.06. The van der Waals surface area contributed by atoms with E-state index in [2.05, 4.69) is 0 Å². The second-order valence-electron chi connectivity index (χ2n) is 4.85. The van der Waals surface area contributed by atoms with E-state index in [0.29, 0.717) is 5.56 Å². The maximum atomic E-state index is 13.6. The van der Waals surface area contributed by atoms with Crippen molar-refractivity contribution in [2.75, 3.05) is 6.26 Å². The minimum absolute atomic E-state index is 0.250. The molecule has 0 fully saturated rings. The molecule has 0 radical (unpaired) electrons. The van der Waals surface area contributed by atoms with Crippen LogP contribution in [0.4, 0.5) is 4.39 Å². The second-order valence-corrected chi connectivity index (χ2v) is 6.83. The lowest BCUT2D eigenvalue weighted by molar-refractivity contribution is 0.443. The lowest BCUT2D eigenvalue weighted by Gasteiger charge is -2.19. The molecular weight excluding hydrogens is 245 g/mol. The molecule has 6 heteroatoms. The zero-order valence-corrected chi connectivity index (χ0v) is 10.8. The maximum absolute atomic E-state index is 13.6.